The van der Waals surface area contributed by atoms with Gasteiger partial charge in [-0.15, -0.1) is 4.98 Å². The van der Waals surface area contributed by atoms with Crippen molar-refractivity contribution in [2.24, 2.45) is 0 Å². The monoisotopic (exact) mass is 486 g/mol. The van der Waals surface area contributed by atoms with Gasteiger partial charge < -0.3 is 20.0 Å². The van der Waals surface area contributed by atoms with Crippen LogP contribution in [0, 0.1) is 0 Å². The Hall–Kier alpha value is -4.47. The molecular weight excluding hydrogens is 458 g/mol. The van der Waals surface area contributed by atoms with Gasteiger partial charge in [-0.1, -0.05) is 48.5 Å². The number of hydrogen-bond donors (Lipinski definition) is 2. The topological polar surface area (TPSA) is 123 Å². The quantitative estimate of drug-likeness (QED) is 0.364. The van der Waals surface area contributed by atoms with Crippen molar-refractivity contribution in [2.45, 2.75) is 32.7 Å². The summed E-state index contributed by atoms with van der Waals surface area (Å²) in [5.74, 6) is 1.67. The lowest BCUT2D eigenvalue weighted by atomic mass is 9.99. The van der Waals surface area contributed by atoms with Gasteiger partial charge in [0.2, 0.25) is 11.7 Å². The van der Waals surface area contributed by atoms with E-state index in [1.54, 1.807) is 11.1 Å². The zero-order chi connectivity index (χ0) is 25.1. The van der Waals surface area contributed by atoms with E-state index >= 15 is 0 Å². The van der Waals surface area contributed by atoms with Crippen LogP contribution >= 0.6 is 0 Å². The van der Waals surface area contributed by atoms with Gasteiger partial charge in [-0.2, -0.15) is 4.98 Å². The van der Waals surface area contributed by atoms with Gasteiger partial charge in [-0.05, 0) is 33.6 Å². The van der Waals surface area contributed by atoms with Gasteiger partial charge in [0.15, 0.2) is 5.82 Å². The summed E-state index contributed by atoms with van der Waals surface area (Å²) in [7, 11) is 1.81. The number of nitrogens with zero attached hydrogens (tertiary/aromatic N) is 5. The molecule has 184 valence electrons. The fourth-order valence-electron chi connectivity index (χ4n) is 4.05. The lowest BCUT2D eigenvalue weighted by Crippen LogP contribution is -2.49. The Kier molecular flexibility index (Phi) is 6.48. The first kappa shape index (κ1) is 23.3. The van der Waals surface area contributed by atoms with Crippen LogP contribution in [0.5, 0.6) is 0 Å². The highest BCUT2D eigenvalue weighted by Gasteiger charge is 2.25. The van der Waals surface area contributed by atoms with Crippen molar-refractivity contribution in [1.82, 2.24) is 20.0 Å². The van der Waals surface area contributed by atoms with Crippen LogP contribution in [0.2, 0.25) is 0 Å². The number of rotatable bonds is 8. The minimum Gasteiger partial charge on any atom is -0.367 e. The maximum Gasteiger partial charge on any atom is 0.388 e. The second kappa shape index (κ2) is 10.0. The van der Waals surface area contributed by atoms with Crippen LogP contribution in [-0.4, -0.2) is 39.6 Å². The maximum absolute atomic E-state index is 12.0. The molecule has 0 aliphatic carbocycles. The van der Waals surface area contributed by atoms with E-state index in [1.165, 1.54) is 4.73 Å². The molecule has 0 atom stereocenters. The number of benzene rings is 2. The maximum atomic E-state index is 12.0. The van der Waals surface area contributed by atoms with Gasteiger partial charge >= 0.3 is 5.95 Å². The molecule has 1 aliphatic rings. The summed E-state index contributed by atoms with van der Waals surface area (Å²) in [6, 6.07) is 16.0. The van der Waals surface area contributed by atoms with E-state index in [4.69, 9.17) is 15.1 Å². The number of nitrogen functional groups attached to an aromatic ring is 1. The summed E-state index contributed by atoms with van der Waals surface area (Å²) >= 11 is 0. The molecule has 3 heterocycles. The number of fused-ring (bicyclic) bond motifs is 1. The average Bonchev–Trinajstić information content (AvgIpc) is 3.36. The van der Waals surface area contributed by atoms with Crippen molar-refractivity contribution in [3.05, 3.63) is 77.2 Å². The lowest BCUT2D eigenvalue weighted by molar-refractivity contribution is -0.870. The molecule has 4 aromatic rings. The van der Waals surface area contributed by atoms with E-state index < -0.39 is 0 Å². The van der Waals surface area contributed by atoms with Crippen LogP contribution in [0.25, 0.3) is 11.5 Å². The third kappa shape index (κ3) is 4.83. The Morgan fingerprint density at radius 2 is 2.03 bits per heavy atom. The van der Waals surface area contributed by atoms with Crippen molar-refractivity contribution in [1.29, 1.82) is 0 Å². The zero-order valence-electron chi connectivity index (χ0n) is 20.3. The lowest BCUT2D eigenvalue weighted by Gasteiger charge is -2.25. The molecule has 1 aliphatic heterocycles. The van der Waals surface area contributed by atoms with Gasteiger partial charge in [0.05, 0.1) is 12.1 Å². The average molecular weight is 487 g/mol. The minimum atomic E-state index is 0.116. The number of anilines is 3. The van der Waals surface area contributed by atoms with E-state index in [1.807, 2.05) is 62.5 Å². The van der Waals surface area contributed by atoms with Crippen molar-refractivity contribution in [3.8, 4) is 11.5 Å². The fraction of sp³-hybridized carbons (Fsp3) is 0.269. The molecule has 0 saturated heterocycles. The van der Waals surface area contributed by atoms with E-state index in [-0.39, 0.29) is 17.6 Å². The molecule has 0 spiro atoms. The van der Waals surface area contributed by atoms with Crippen LogP contribution in [-0.2, 0) is 30.6 Å². The highest BCUT2D eigenvalue weighted by atomic mass is 16.7. The van der Waals surface area contributed by atoms with E-state index in [0.29, 0.717) is 49.8 Å². The molecule has 5 rings (SSSR count). The van der Waals surface area contributed by atoms with E-state index in [0.717, 1.165) is 22.4 Å². The Bertz CT molecular complexity index is 1390. The molecule has 10 nitrogen and oxygen atoms in total. The molecule has 2 aromatic heterocycles. The summed E-state index contributed by atoms with van der Waals surface area (Å²) in [6.07, 6.45) is 3.32. The summed E-state index contributed by atoms with van der Waals surface area (Å²) in [5, 5.41) is 7.27. The summed E-state index contributed by atoms with van der Waals surface area (Å²) in [5.41, 5.74) is 11.1. The predicted octanol–water partition coefficient (Wildman–Crippen LogP) is 2.49. The first-order valence-electron chi connectivity index (χ1n) is 11.8. The van der Waals surface area contributed by atoms with Crippen LogP contribution in [0.1, 0.15) is 29.4 Å². The number of carbonyl (C=O) groups is 1. The molecule has 2 aromatic carbocycles. The Morgan fingerprint density at radius 3 is 2.81 bits per heavy atom. The fourth-order valence-corrected chi connectivity index (χ4v) is 4.05. The molecule has 0 radical (unpaired) electrons. The van der Waals surface area contributed by atoms with Crippen LogP contribution in [0.15, 0.2) is 59.3 Å². The van der Waals surface area contributed by atoms with Crippen molar-refractivity contribution in [2.75, 3.05) is 24.7 Å². The van der Waals surface area contributed by atoms with Gasteiger partial charge in [0.1, 0.15) is 18.4 Å². The molecule has 0 bridgehead atoms. The number of nitrogens with two attached hydrogens (primary N) is 1. The standard InChI is InChI=1S/C26H27N7O3/c1-3-22-30-25(36-31-22)21-15-28-26(33(24(21)27)35-12-11-17-7-5-4-6-8-17)29-20-10-9-18-14-23(34)32(2)16-19(18)13-20/h4-10,13,15H,3,11-12,14,16H2,1-2H3,(H2,27,28,29,30,31)/p+1. The molecule has 1 amide bonds. The third-order valence-electron chi connectivity index (χ3n) is 6.11. The molecule has 3 N–H and O–H groups in total. The largest absolute Gasteiger partial charge is 0.388 e. The highest BCUT2D eigenvalue weighted by molar-refractivity contribution is 5.81. The van der Waals surface area contributed by atoms with Crippen molar-refractivity contribution < 1.29 is 18.9 Å². The van der Waals surface area contributed by atoms with Crippen LogP contribution < -0.4 is 20.6 Å². The number of nitrogens with one attached hydrogen (secondary N) is 1. The predicted molar refractivity (Wildman–Crippen MR) is 133 cm³/mol. The molecule has 0 fully saturated rings. The smallest absolute Gasteiger partial charge is 0.367 e. The van der Waals surface area contributed by atoms with E-state index in [9.17, 15) is 4.79 Å². The number of amides is 1. The molecule has 10 heteroatoms. The molecule has 36 heavy (non-hydrogen) atoms. The van der Waals surface area contributed by atoms with Crippen LogP contribution in [0.4, 0.5) is 17.5 Å². The molecule has 0 saturated carbocycles. The number of carbonyl (C=O) groups excluding carboxylic acids is 1. The second-order valence-corrected chi connectivity index (χ2v) is 8.65. The third-order valence-corrected chi connectivity index (χ3v) is 6.11. The Morgan fingerprint density at radius 1 is 1.19 bits per heavy atom. The Balaban J connectivity index is 1.45. The van der Waals surface area contributed by atoms with Gasteiger partial charge in [0.25, 0.3) is 5.89 Å². The second-order valence-electron chi connectivity index (χ2n) is 8.65. The van der Waals surface area contributed by atoms with Crippen LogP contribution in [0.3, 0.4) is 0 Å². The first-order chi connectivity index (χ1) is 17.5. The van der Waals surface area contributed by atoms with Gasteiger partial charge in [-0.3, -0.25) is 10.1 Å². The number of aromatic nitrogens is 4. The molecular formula is C26H28N7O3+. The SMILES string of the molecule is CCc1noc(-c2cnc(Nc3ccc4c(c3)CN(C)C(=O)C4)[n+](OCCc3ccccc3)c2N)n1. The number of aryl methyl sites for hydroxylation is 1. The van der Waals surface area contributed by atoms with Crippen molar-refractivity contribution >= 4 is 23.4 Å². The van der Waals surface area contributed by atoms with Gasteiger partial charge in [-0.25, -0.2) is 0 Å². The first-order valence-corrected chi connectivity index (χ1v) is 11.8. The molecule has 0 unspecified atom stereocenters. The highest BCUT2D eigenvalue weighted by Crippen LogP contribution is 2.26. The summed E-state index contributed by atoms with van der Waals surface area (Å²) < 4.78 is 6.85. The van der Waals surface area contributed by atoms with E-state index in [2.05, 4.69) is 20.4 Å². The Labute approximate surface area is 208 Å². The minimum absolute atomic E-state index is 0.116. The zero-order valence-corrected chi connectivity index (χ0v) is 20.3. The van der Waals surface area contributed by atoms with Gasteiger partial charge in [0, 0.05) is 26.4 Å². The summed E-state index contributed by atoms with van der Waals surface area (Å²) in [4.78, 5) is 28.8. The summed E-state index contributed by atoms with van der Waals surface area (Å²) in [6.45, 7) is 2.88. The van der Waals surface area contributed by atoms with Crippen molar-refractivity contribution in [3.63, 3.8) is 0 Å². The number of likely N-dealkylation sites (N-methyl/N-ethyl adjacent to an activating group) is 1. The number of hydrogen-bond acceptors (Lipinski definition) is 8. The normalized spacial score (nSPS) is 12.9.